The van der Waals surface area contributed by atoms with Gasteiger partial charge < -0.3 is 5.32 Å². The van der Waals surface area contributed by atoms with E-state index in [1.807, 2.05) is 0 Å². The second-order valence-corrected chi connectivity index (χ2v) is 5.98. The van der Waals surface area contributed by atoms with Gasteiger partial charge in [-0.2, -0.15) is 4.98 Å². The van der Waals surface area contributed by atoms with Crippen LogP contribution in [0.4, 0.5) is 4.79 Å². The zero-order chi connectivity index (χ0) is 17.6. The summed E-state index contributed by atoms with van der Waals surface area (Å²) in [6.45, 7) is -0.374. The maximum absolute atomic E-state index is 12.3. The van der Waals surface area contributed by atoms with Crippen molar-refractivity contribution in [3.63, 3.8) is 0 Å². The van der Waals surface area contributed by atoms with Crippen LogP contribution < -0.4 is 21.9 Å². The summed E-state index contributed by atoms with van der Waals surface area (Å²) in [5.74, 6) is -0.648. The van der Waals surface area contributed by atoms with E-state index in [2.05, 4.69) is 15.6 Å². The maximum atomic E-state index is 12.3. The molecule has 0 bridgehead atoms. The molecule has 0 aliphatic heterocycles. The van der Waals surface area contributed by atoms with Crippen molar-refractivity contribution in [2.45, 2.75) is 25.4 Å². The quantitative estimate of drug-likeness (QED) is 0.690. The van der Waals surface area contributed by atoms with Crippen LogP contribution in [0.2, 0.25) is 5.28 Å². The first-order chi connectivity index (χ1) is 11.3. The highest BCUT2D eigenvalue weighted by molar-refractivity contribution is 6.29. The molecule has 0 unspecified atom stereocenters. The molecule has 24 heavy (non-hydrogen) atoms. The average Bonchev–Trinajstić information content (AvgIpc) is 3.26. The Bertz CT molecular complexity index is 967. The van der Waals surface area contributed by atoms with Crippen LogP contribution in [-0.2, 0) is 25.4 Å². The molecule has 3 rings (SSSR count). The minimum Gasteiger partial charge on any atom is -0.335 e. The Labute approximate surface area is 140 Å². The molecule has 0 saturated heterocycles. The van der Waals surface area contributed by atoms with Gasteiger partial charge in [0.1, 0.15) is 6.54 Å². The molecule has 1 aliphatic carbocycles. The summed E-state index contributed by atoms with van der Waals surface area (Å²) in [6, 6.07) is -0.486. The predicted octanol–water partition coefficient (Wildman–Crippen LogP) is -0.925. The molecule has 0 atom stereocenters. The first-order valence-electron chi connectivity index (χ1n) is 7.21. The van der Waals surface area contributed by atoms with Crippen molar-refractivity contribution in [3.05, 3.63) is 26.1 Å². The van der Waals surface area contributed by atoms with Crippen molar-refractivity contribution in [1.82, 2.24) is 29.3 Å². The normalized spacial score (nSPS) is 14.0. The van der Waals surface area contributed by atoms with Crippen LogP contribution in [0.5, 0.6) is 0 Å². The third-order valence-corrected chi connectivity index (χ3v) is 4.06. The topological polar surface area (TPSA) is 120 Å². The molecular weight excluding hydrogens is 340 g/mol. The second kappa shape index (κ2) is 5.78. The minimum atomic E-state index is -0.648. The van der Waals surface area contributed by atoms with Crippen LogP contribution in [-0.4, -0.2) is 36.7 Å². The van der Waals surface area contributed by atoms with Gasteiger partial charge in [-0.3, -0.25) is 28.6 Å². The van der Waals surface area contributed by atoms with E-state index in [0.717, 1.165) is 22.0 Å². The monoisotopic (exact) mass is 354 g/mol. The van der Waals surface area contributed by atoms with Gasteiger partial charge >= 0.3 is 11.7 Å². The summed E-state index contributed by atoms with van der Waals surface area (Å²) in [6.07, 6.45) is 1.79. The van der Waals surface area contributed by atoms with Crippen molar-refractivity contribution < 1.29 is 9.59 Å². The summed E-state index contributed by atoms with van der Waals surface area (Å²) in [5.41, 5.74) is -1.09. The zero-order valence-corrected chi connectivity index (χ0v) is 13.8. The molecule has 1 saturated carbocycles. The molecule has 128 valence electrons. The number of carbonyl (C=O) groups excluding carboxylic acids is 2. The number of carbonyl (C=O) groups is 2. The summed E-state index contributed by atoms with van der Waals surface area (Å²) in [4.78, 5) is 51.8. The van der Waals surface area contributed by atoms with Gasteiger partial charge in [-0.25, -0.2) is 9.59 Å². The van der Waals surface area contributed by atoms with Crippen LogP contribution in [0.25, 0.3) is 11.2 Å². The Morgan fingerprint density at radius 1 is 1.25 bits per heavy atom. The van der Waals surface area contributed by atoms with Crippen LogP contribution in [0.15, 0.2) is 9.59 Å². The van der Waals surface area contributed by atoms with Gasteiger partial charge in [-0.05, 0) is 24.4 Å². The number of imidazole rings is 1. The van der Waals surface area contributed by atoms with E-state index >= 15 is 0 Å². The Morgan fingerprint density at radius 3 is 2.54 bits per heavy atom. The number of hydrogen-bond donors (Lipinski definition) is 2. The lowest BCUT2D eigenvalue weighted by molar-refractivity contribution is -0.120. The first kappa shape index (κ1) is 16.2. The number of rotatable bonds is 3. The third-order valence-electron chi connectivity index (χ3n) is 3.77. The molecule has 1 fully saturated rings. The Morgan fingerprint density at radius 2 is 1.92 bits per heavy atom. The van der Waals surface area contributed by atoms with Gasteiger partial charge in [0.25, 0.3) is 5.56 Å². The highest BCUT2D eigenvalue weighted by atomic mass is 35.5. The number of aryl methyl sites for hydroxylation is 1. The third kappa shape index (κ3) is 2.80. The number of aromatic nitrogens is 4. The first-order valence-corrected chi connectivity index (χ1v) is 7.59. The SMILES string of the molecule is Cn1c(=O)c2c(nc(Cl)n2CC(=O)NC(=O)NC2CC2)n(C)c1=O. The van der Waals surface area contributed by atoms with E-state index in [-0.39, 0.29) is 29.0 Å². The Hall–Kier alpha value is -2.62. The number of nitrogens with one attached hydrogen (secondary N) is 2. The maximum Gasteiger partial charge on any atom is 0.332 e. The fourth-order valence-corrected chi connectivity index (χ4v) is 2.55. The number of imide groups is 1. The number of amides is 3. The Balaban J connectivity index is 1.93. The van der Waals surface area contributed by atoms with E-state index in [1.165, 1.54) is 18.7 Å². The highest BCUT2D eigenvalue weighted by Gasteiger charge is 2.25. The molecule has 2 aromatic heterocycles. The van der Waals surface area contributed by atoms with Crippen molar-refractivity contribution in [1.29, 1.82) is 0 Å². The van der Waals surface area contributed by atoms with Crippen molar-refractivity contribution in [2.75, 3.05) is 0 Å². The van der Waals surface area contributed by atoms with E-state index in [1.54, 1.807) is 0 Å². The Kier molecular flexibility index (Phi) is 3.91. The van der Waals surface area contributed by atoms with Crippen molar-refractivity contribution >= 4 is 34.7 Å². The number of fused-ring (bicyclic) bond motifs is 1. The molecule has 0 radical (unpaired) electrons. The molecular formula is C13H15ClN6O4. The fraction of sp³-hybridized carbons (Fsp3) is 0.462. The van der Waals surface area contributed by atoms with E-state index in [4.69, 9.17) is 11.6 Å². The molecule has 0 spiro atoms. The second-order valence-electron chi connectivity index (χ2n) is 5.64. The minimum absolute atomic E-state index is 0.0161. The van der Waals surface area contributed by atoms with Crippen molar-refractivity contribution in [2.24, 2.45) is 14.1 Å². The zero-order valence-electron chi connectivity index (χ0n) is 13.0. The molecule has 2 N–H and O–H groups in total. The molecule has 0 aromatic carbocycles. The largest absolute Gasteiger partial charge is 0.335 e. The van der Waals surface area contributed by atoms with E-state index in [9.17, 15) is 19.2 Å². The summed E-state index contributed by atoms with van der Waals surface area (Å²) in [5, 5.41) is 4.66. The van der Waals surface area contributed by atoms with Gasteiger partial charge in [0.15, 0.2) is 11.2 Å². The lowest BCUT2D eigenvalue weighted by Crippen LogP contribution is -2.42. The lowest BCUT2D eigenvalue weighted by Gasteiger charge is -2.08. The van der Waals surface area contributed by atoms with Crippen LogP contribution >= 0.6 is 11.6 Å². The average molecular weight is 355 g/mol. The molecule has 2 heterocycles. The summed E-state index contributed by atoms with van der Waals surface area (Å²) >= 11 is 6.00. The molecule has 11 heteroatoms. The highest BCUT2D eigenvalue weighted by Crippen LogP contribution is 2.18. The lowest BCUT2D eigenvalue weighted by atomic mass is 10.4. The van der Waals surface area contributed by atoms with Crippen LogP contribution in [0.1, 0.15) is 12.8 Å². The van der Waals surface area contributed by atoms with Crippen molar-refractivity contribution in [3.8, 4) is 0 Å². The van der Waals surface area contributed by atoms with Gasteiger partial charge in [0.2, 0.25) is 11.2 Å². The summed E-state index contributed by atoms with van der Waals surface area (Å²) in [7, 11) is 2.76. The van der Waals surface area contributed by atoms with Gasteiger partial charge in [-0.1, -0.05) is 0 Å². The van der Waals surface area contributed by atoms with Gasteiger partial charge in [0.05, 0.1) is 0 Å². The standard InChI is InChI=1S/C13H15ClN6O4/c1-18-9-8(10(22)19(2)13(18)24)20(11(14)17-9)5-7(21)16-12(23)15-6-3-4-6/h6H,3-5H2,1-2H3,(H2,15,16,21,23). The predicted molar refractivity (Wildman–Crippen MR) is 84.9 cm³/mol. The smallest absolute Gasteiger partial charge is 0.332 e. The molecule has 2 aromatic rings. The number of halogens is 1. The molecule has 10 nitrogen and oxygen atoms in total. The van der Waals surface area contributed by atoms with E-state index in [0.29, 0.717) is 0 Å². The van der Waals surface area contributed by atoms with Crippen LogP contribution in [0.3, 0.4) is 0 Å². The van der Waals surface area contributed by atoms with Gasteiger partial charge in [0, 0.05) is 20.1 Å². The van der Waals surface area contributed by atoms with E-state index < -0.39 is 23.2 Å². The fourth-order valence-electron chi connectivity index (χ4n) is 2.32. The summed E-state index contributed by atoms with van der Waals surface area (Å²) < 4.78 is 3.23. The number of hydrogen-bond acceptors (Lipinski definition) is 5. The molecule has 3 amide bonds. The van der Waals surface area contributed by atoms with Crippen LogP contribution in [0, 0.1) is 0 Å². The number of urea groups is 1. The molecule has 1 aliphatic rings. The van der Waals surface area contributed by atoms with Gasteiger partial charge in [-0.15, -0.1) is 0 Å². The number of nitrogens with zero attached hydrogens (tertiary/aromatic N) is 4.